The Morgan fingerprint density at radius 1 is 1.00 bits per heavy atom. The lowest BCUT2D eigenvalue weighted by Crippen LogP contribution is -2.46. The van der Waals surface area contributed by atoms with Crippen molar-refractivity contribution in [2.75, 3.05) is 13.2 Å². The van der Waals surface area contributed by atoms with Crippen molar-refractivity contribution in [1.29, 1.82) is 0 Å². The van der Waals surface area contributed by atoms with Crippen molar-refractivity contribution in [3.05, 3.63) is 28.8 Å². The zero-order valence-electron chi connectivity index (χ0n) is 16.2. The van der Waals surface area contributed by atoms with Crippen LogP contribution in [0.4, 0.5) is 4.79 Å². The highest BCUT2D eigenvalue weighted by Crippen LogP contribution is 2.24. The molecule has 1 saturated carbocycles. The summed E-state index contributed by atoms with van der Waals surface area (Å²) in [6, 6.07) is 3.48. The van der Waals surface area contributed by atoms with E-state index in [-0.39, 0.29) is 12.6 Å². The molecule has 0 radical (unpaired) electrons. The molecule has 1 fully saturated rings. The van der Waals surface area contributed by atoms with Crippen molar-refractivity contribution in [2.24, 2.45) is 0 Å². The first-order valence-electron chi connectivity index (χ1n) is 9.31. The van der Waals surface area contributed by atoms with Crippen LogP contribution in [0.15, 0.2) is 12.1 Å². The molecule has 7 nitrogen and oxygen atoms in total. The van der Waals surface area contributed by atoms with E-state index in [4.69, 9.17) is 9.47 Å². The van der Waals surface area contributed by atoms with Gasteiger partial charge in [0.25, 0.3) is 5.91 Å². The lowest BCUT2D eigenvalue weighted by Gasteiger charge is -2.22. The standard InChI is InChI=1S/C20H28N2O5/c1-13-9-14(2)19(15(3)10-13)27-12-18(24)26-11-17(23)22-20(25)21-16-7-5-4-6-8-16/h9-10,16H,4-8,11-12H2,1-3H3,(H2,21,22,23,25). The summed E-state index contributed by atoms with van der Waals surface area (Å²) < 4.78 is 10.4. The monoisotopic (exact) mass is 376 g/mol. The minimum Gasteiger partial charge on any atom is -0.481 e. The van der Waals surface area contributed by atoms with E-state index in [2.05, 4.69) is 10.6 Å². The summed E-state index contributed by atoms with van der Waals surface area (Å²) in [6.45, 7) is 4.97. The third kappa shape index (κ3) is 6.92. The summed E-state index contributed by atoms with van der Waals surface area (Å²) in [5.41, 5.74) is 2.97. The molecule has 7 heteroatoms. The van der Waals surface area contributed by atoms with Gasteiger partial charge in [0.1, 0.15) is 5.75 Å². The number of imide groups is 1. The van der Waals surface area contributed by atoms with Gasteiger partial charge in [0.15, 0.2) is 13.2 Å². The van der Waals surface area contributed by atoms with Crippen LogP contribution < -0.4 is 15.4 Å². The second-order valence-corrected chi connectivity index (χ2v) is 7.03. The number of rotatable bonds is 6. The first kappa shape index (κ1) is 20.7. The summed E-state index contributed by atoms with van der Waals surface area (Å²) in [5.74, 6) is -0.703. The van der Waals surface area contributed by atoms with Crippen molar-refractivity contribution in [3.8, 4) is 5.75 Å². The Morgan fingerprint density at radius 2 is 1.63 bits per heavy atom. The Balaban J connectivity index is 1.69. The summed E-state index contributed by atoms with van der Waals surface area (Å²) in [5, 5.41) is 4.94. The van der Waals surface area contributed by atoms with E-state index in [1.165, 1.54) is 6.42 Å². The van der Waals surface area contributed by atoms with Crippen molar-refractivity contribution >= 4 is 17.9 Å². The van der Waals surface area contributed by atoms with E-state index >= 15 is 0 Å². The molecular formula is C20H28N2O5. The number of nitrogens with one attached hydrogen (secondary N) is 2. The fourth-order valence-corrected chi connectivity index (χ4v) is 3.34. The quantitative estimate of drug-likeness (QED) is 0.745. The van der Waals surface area contributed by atoms with Crippen LogP contribution in [0.1, 0.15) is 48.8 Å². The molecule has 0 saturated heterocycles. The molecule has 1 aliphatic rings. The molecule has 2 rings (SSSR count). The third-order valence-electron chi connectivity index (χ3n) is 4.50. The molecule has 0 aliphatic heterocycles. The van der Waals surface area contributed by atoms with Crippen molar-refractivity contribution in [3.63, 3.8) is 0 Å². The number of ether oxygens (including phenoxy) is 2. The number of benzene rings is 1. The molecule has 1 aromatic rings. The summed E-state index contributed by atoms with van der Waals surface area (Å²) >= 11 is 0. The summed E-state index contributed by atoms with van der Waals surface area (Å²) in [7, 11) is 0. The lowest BCUT2D eigenvalue weighted by atomic mass is 9.96. The maximum absolute atomic E-state index is 11.8. The first-order chi connectivity index (χ1) is 12.8. The summed E-state index contributed by atoms with van der Waals surface area (Å²) in [6.07, 6.45) is 5.18. The molecule has 0 bridgehead atoms. The Hall–Kier alpha value is -2.57. The third-order valence-corrected chi connectivity index (χ3v) is 4.50. The van der Waals surface area contributed by atoms with Crippen LogP contribution in [0.5, 0.6) is 5.75 Å². The largest absolute Gasteiger partial charge is 0.481 e. The Morgan fingerprint density at radius 3 is 2.26 bits per heavy atom. The number of carbonyl (C=O) groups excluding carboxylic acids is 3. The molecule has 2 N–H and O–H groups in total. The average molecular weight is 376 g/mol. The molecule has 27 heavy (non-hydrogen) atoms. The molecule has 1 aromatic carbocycles. The SMILES string of the molecule is Cc1cc(C)c(OCC(=O)OCC(=O)NC(=O)NC2CCCCC2)c(C)c1. The van der Waals surface area contributed by atoms with Gasteiger partial charge in [-0.2, -0.15) is 0 Å². The average Bonchev–Trinajstić information content (AvgIpc) is 2.59. The number of urea groups is 1. The van der Waals surface area contributed by atoms with Gasteiger partial charge >= 0.3 is 12.0 Å². The Bertz CT molecular complexity index is 673. The summed E-state index contributed by atoms with van der Waals surface area (Å²) in [4.78, 5) is 35.3. The number of amides is 3. The number of aryl methyl sites for hydroxylation is 3. The molecule has 148 valence electrons. The molecule has 0 heterocycles. The van der Waals surface area contributed by atoms with E-state index in [1.807, 2.05) is 32.9 Å². The number of hydrogen-bond donors (Lipinski definition) is 2. The highest BCUT2D eigenvalue weighted by atomic mass is 16.6. The number of esters is 1. The van der Waals surface area contributed by atoms with E-state index in [9.17, 15) is 14.4 Å². The fourth-order valence-electron chi connectivity index (χ4n) is 3.34. The molecular weight excluding hydrogens is 348 g/mol. The van der Waals surface area contributed by atoms with Crippen LogP contribution in [0.3, 0.4) is 0 Å². The van der Waals surface area contributed by atoms with E-state index in [0.717, 1.165) is 42.4 Å². The van der Waals surface area contributed by atoms with Crippen molar-refractivity contribution in [2.45, 2.75) is 58.9 Å². The Labute approximate surface area is 159 Å². The van der Waals surface area contributed by atoms with Crippen LogP contribution in [0, 0.1) is 20.8 Å². The maximum atomic E-state index is 11.8. The van der Waals surface area contributed by atoms with E-state index in [0.29, 0.717) is 5.75 Å². The molecule has 0 spiro atoms. The smallest absolute Gasteiger partial charge is 0.344 e. The maximum Gasteiger partial charge on any atom is 0.344 e. The van der Waals surface area contributed by atoms with Gasteiger partial charge in [-0.15, -0.1) is 0 Å². The van der Waals surface area contributed by atoms with Gasteiger partial charge < -0.3 is 14.8 Å². The predicted octanol–water partition coefficient (Wildman–Crippen LogP) is 2.69. The predicted molar refractivity (Wildman–Crippen MR) is 101 cm³/mol. The molecule has 0 atom stereocenters. The minimum absolute atomic E-state index is 0.100. The normalized spacial score (nSPS) is 14.3. The van der Waals surface area contributed by atoms with Crippen molar-refractivity contribution < 1.29 is 23.9 Å². The molecule has 1 aliphatic carbocycles. The second-order valence-electron chi connectivity index (χ2n) is 7.03. The minimum atomic E-state index is -0.669. The highest BCUT2D eigenvalue weighted by molar-refractivity contribution is 5.95. The zero-order valence-corrected chi connectivity index (χ0v) is 16.2. The van der Waals surface area contributed by atoms with Crippen molar-refractivity contribution in [1.82, 2.24) is 10.6 Å². The Kier molecular flexibility index (Phi) is 7.64. The van der Waals surface area contributed by atoms with Crippen LogP contribution in [-0.4, -0.2) is 37.2 Å². The number of hydrogen-bond acceptors (Lipinski definition) is 5. The highest BCUT2D eigenvalue weighted by Gasteiger charge is 2.17. The van der Waals surface area contributed by atoms with Gasteiger partial charge in [0, 0.05) is 6.04 Å². The fraction of sp³-hybridized carbons (Fsp3) is 0.550. The van der Waals surface area contributed by atoms with Gasteiger partial charge in [-0.1, -0.05) is 37.0 Å². The number of carbonyl (C=O) groups is 3. The van der Waals surface area contributed by atoms with Crippen LogP contribution in [-0.2, 0) is 14.3 Å². The second kappa shape index (κ2) is 9.94. The topological polar surface area (TPSA) is 93.7 Å². The molecule has 3 amide bonds. The van der Waals surface area contributed by atoms with Gasteiger partial charge in [-0.3, -0.25) is 10.1 Å². The van der Waals surface area contributed by atoms with E-state index < -0.39 is 24.5 Å². The van der Waals surface area contributed by atoms with Crippen LogP contribution >= 0.6 is 0 Å². The van der Waals surface area contributed by atoms with Gasteiger partial charge in [0.05, 0.1) is 0 Å². The molecule has 0 unspecified atom stereocenters. The van der Waals surface area contributed by atoms with Crippen LogP contribution in [0.25, 0.3) is 0 Å². The van der Waals surface area contributed by atoms with Gasteiger partial charge in [0.2, 0.25) is 0 Å². The van der Waals surface area contributed by atoms with Crippen LogP contribution in [0.2, 0.25) is 0 Å². The zero-order chi connectivity index (χ0) is 19.8. The lowest BCUT2D eigenvalue weighted by molar-refractivity contribution is -0.150. The van der Waals surface area contributed by atoms with Gasteiger partial charge in [-0.05, 0) is 44.7 Å². The first-order valence-corrected chi connectivity index (χ1v) is 9.31. The van der Waals surface area contributed by atoms with Gasteiger partial charge in [-0.25, -0.2) is 9.59 Å². The molecule has 0 aromatic heterocycles. The van der Waals surface area contributed by atoms with E-state index in [1.54, 1.807) is 0 Å².